The number of hydrogen-bond donors (Lipinski definition) is 2. The SMILES string of the molecule is CCCNc1ccc(C(=O)NC(C)(C)c2nccs2)nc1. The van der Waals surface area contributed by atoms with Gasteiger partial charge in [-0.3, -0.25) is 4.79 Å². The number of rotatable bonds is 6. The van der Waals surface area contributed by atoms with E-state index >= 15 is 0 Å². The maximum Gasteiger partial charge on any atom is 0.270 e. The van der Waals surface area contributed by atoms with Crippen molar-refractivity contribution >= 4 is 22.9 Å². The van der Waals surface area contributed by atoms with Crippen molar-refractivity contribution in [2.75, 3.05) is 11.9 Å². The summed E-state index contributed by atoms with van der Waals surface area (Å²) in [4.78, 5) is 20.7. The van der Waals surface area contributed by atoms with Gasteiger partial charge in [0.1, 0.15) is 10.7 Å². The molecular formula is C15H20N4OS. The van der Waals surface area contributed by atoms with Crippen LogP contribution in [0.5, 0.6) is 0 Å². The molecule has 0 spiro atoms. The minimum atomic E-state index is -0.508. The average molecular weight is 304 g/mol. The van der Waals surface area contributed by atoms with Crippen LogP contribution in [0.15, 0.2) is 29.9 Å². The third-order valence-corrected chi connectivity index (χ3v) is 4.07. The standard InChI is InChI=1S/C15H20N4OS/c1-4-7-16-11-5-6-12(18-10-11)13(20)19-15(2,3)14-17-8-9-21-14/h5-6,8-10,16H,4,7H2,1-3H3,(H,19,20). The van der Waals surface area contributed by atoms with Gasteiger partial charge in [-0.15, -0.1) is 11.3 Å². The van der Waals surface area contributed by atoms with Crippen LogP contribution in [0.25, 0.3) is 0 Å². The minimum Gasteiger partial charge on any atom is -0.384 e. The van der Waals surface area contributed by atoms with Gasteiger partial charge in [0.05, 0.1) is 17.4 Å². The van der Waals surface area contributed by atoms with E-state index in [1.807, 2.05) is 25.3 Å². The number of carbonyl (C=O) groups excluding carboxylic acids is 1. The van der Waals surface area contributed by atoms with Crippen LogP contribution in [0.2, 0.25) is 0 Å². The third kappa shape index (κ3) is 4.01. The second kappa shape index (κ2) is 6.67. The maximum absolute atomic E-state index is 12.3. The monoisotopic (exact) mass is 304 g/mol. The van der Waals surface area contributed by atoms with Crippen LogP contribution in [0.4, 0.5) is 5.69 Å². The number of pyridine rings is 1. The molecule has 2 heterocycles. The predicted octanol–water partition coefficient (Wildman–Crippen LogP) is 3.03. The van der Waals surface area contributed by atoms with E-state index in [0.29, 0.717) is 5.69 Å². The number of anilines is 1. The van der Waals surface area contributed by atoms with Crippen LogP contribution >= 0.6 is 11.3 Å². The van der Waals surface area contributed by atoms with Crippen LogP contribution in [0.1, 0.15) is 42.7 Å². The highest BCUT2D eigenvalue weighted by molar-refractivity contribution is 7.09. The Morgan fingerprint density at radius 1 is 1.33 bits per heavy atom. The number of nitrogens with zero attached hydrogens (tertiary/aromatic N) is 2. The van der Waals surface area contributed by atoms with Gasteiger partial charge in [-0.05, 0) is 32.4 Å². The zero-order valence-electron chi connectivity index (χ0n) is 12.5. The Kier molecular flexibility index (Phi) is 4.90. The summed E-state index contributed by atoms with van der Waals surface area (Å²) >= 11 is 1.52. The summed E-state index contributed by atoms with van der Waals surface area (Å²) in [6.07, 6.45) is 4.46. The number of aromatic nitrogens is 2. The molecule has 0 bridgehead atoms. The molecule has 2 N–H and O–H groups in total. The quantitative estimate of drug-likeness (QED) is 0.861. The first kappa shape index (κ1) is 15.4. The second-order valence-electron chi connectivity index (χ2n) is 5.28. The van der Waals surface area contributed by atoms with Crippen LogP contribution < -0.4 is 10.6 Å². The first-order valence-corrected chi connectivity index (χ1v) is 7.83. The third-order valence-electron chi connectivity index (χ3n) is 2.97. The predicted molar refractivity (Wildman–Crippen MR) is 85.6 cm³/mol. The van der Waals surface area contributed by atoms with E-state index in [2.05, 4.69) is 27.5 Å². The summed E-state index contributed by atoms with van der Waals surface area (Å²) < 4.78 is 0. The Bertz CT molecular complexity index is 578. The highest BCUT2D eigenvalue weighted by Crippen LogP contribution is 2.22. The summed E-state index contributed by atoms with van der Waals surface area (Å²) in [5, 5.41) is 8.96. The molecule has 0 unspecified atom stereocenters. The number of thiazole rings is 1. The number of carbonyl (C=O) groups is 1. The molecule has 0 atom stereocenters. The molecule has 2 aromatic heterocycles. The number of hydrogen-bond acceptors (Lipinski definition) is 5. The molecule has 1 amide bonds. The molecule has 0 radical (unpaired) electrons. The molecule has 0 fully saturated rings. The molecule has 0 saturated carbocycles. The average Bonchev–Trinajstić information content (AvgIpc) is 3.00. The van der Waals surface area contributed by atoms with E-state index in [4.69, 9.17) is 0 Å². The number of amides is 1. The van der Waals surface area contributed by atoms with Crippen molar-refractivity contribution in [2.45, 2.75) is 32.7 Å². The molecule has 0 aliphatic heterocycles. The van der Waals surface area contributed by atoms with E-state index in [1.165, 1.54) is 11.3 Å². The normalized spacial score (nSPS) is 11.2. The van der Waals surface area contributed by atoms with Crippen molar-refractivity contribution in [1.29, 1.82) is 0 Å². The van der Waals surface area contributed by atoms with Crippen LogP contribution in [0.3, 0.4) is 0 Å². The van der Waals surface area contributed by atoms with Crippen molar-refractivity contribution in [1.82, 2.24) is 15.3 Å². The Labute approximate surface area is 128 Å². The van der Waals surface area contributed by atoms with Gasteiger partial charge in [0, 0.05) is 18.1 Å². The van der Waals surface area contributed by atoms with Gasteiger partial charge in [-0.2, -0.15) is 0 Å². The molecule has 0 aliphatic carbocycles. The van der Waals surface area contributed by atoms with Crippen molar-refractivity contribution in [3.8, 4) is 0 Å². The van der Waals surface area contributed by atoms with Crippen molar-refractivity contribution in [2.24, 2.45) is 0 Å². The van der Waals surface area contributed by atoms with Gasteiger partial charge >= 0.3 is 0 Å². The van der Waals surface area contributed by atoms with E-state index in [0.717, 1.165) is 23.7 Å². The van der Waals surface area contributed by atoms with Crippen molar-refractivity contribution in [3.05, 3.63) is 40.6 Å². The van der Waals surface area contributed by atoms with Crippen LogP contribution in [-0.4, -0.2) is 22.4 Å². The largest absolute Gasteiger partial charge is 0.384 e. The molecule has 0 aromatic carbocycles. The van der Waals surface area contributed by atoms with E-state index < -0.39 is 5.54 Å². The van der Waals surface area contributed by atoms with E-state index in [9.17, 15) is 4.79 Å². The lowest BCUT2D eigenvalue weighted by Crippen LogP contribution is -2.41. The fraction of sp³-hybridized carbons (Fsp3) is 0.400. The molecule has 5 nitrogen and oxygen atoms in total. The van der Waals surface area contributed by atoms with Crippen molar-refractivity contribution < 1.29 is 4.79 Å². The zero-order chi connectivity index (χ0) is 15.3. The fourth-order valence-corrected chi connectivity index (χ4v) is 2.55. The lowest BCUT2D eigenvalue weighted by molar-refractivity contribution is 0.0907. The molecule has 6 heteroatoms. The Balaban J connectivity index is 2.03. The lowest BCUT2D eigenvalue weighted by atomic mass is 10.1. The maximum atomic E-state index is 12.3. The second-order valence-corrected chi connectivity index (χ2v) is 6.17. The summed E-state index contributed by atoms with van der Waals surface area (Å²) in [6, 6.07) is 3.60. The highest BCUT2D eigenvalue weighted by atomic mass is 32.1. The summed E-state index contributed by atoms with van der Waals surface area (Å²) in [6.45, 7) is 6.86. The first-order chi connectivity index (χ1) is 10.0. The van der Waals surface area contributed by atoms with Crippen LogP contribution in [0, 0.1) is 0 Å². The molecule has 2 aromatic rings. The Hall–Kier alpha value is -1.95. The van der Waals surface area contributed by atoms with Crippen molar-refractivity contribution in [3.63, 3.8) is 0 Å². The van der Waals surface area contributed by atoms with E-state index in [-0.39, 0.29) is 5.91 Å². The molecule has 0 aliphatic rings. The summed E-state index contributed by atoms with van der Waals surface area (Å²) in [5.74, 6) is -0.197. The minimum absolute atomic E-state index is 0.197. The molecule has 0 saturated heterocycles. The highest BCUT2D eigenvalue weighted by Gasteiger charge is 2.26. The Morgan fingerprint density at radius 3 is 2.71 bits per heavy atom. The van der Waals surface area contributed by atoms with E-state index in [1.54, 1.807) is 18.5 Å². The molecule has 2 rings (SSSR count). The molecular weight excluding hydrogens is 284 g/mol. The fourth-order valence-electron chi connectivity index (χ4n) is 1.84. The summed E-state index contributed by atoms with van der Waals surface area (Å²) in [5.41, 5.74) is 0.820. The van der Waals surface area contributed by atoms with Gasteiger partial charge in [-0.1, -0.05) is 6.92 Å². The topological polar surface area (TPSA) is 66.9 Å². The molecule has 21 heavy (non-hydrogen) atoms. The lowest BCUT2D eigenvalue weighted by Gasteiger charge is -2.23. The smallest absolute Gasteiger partial charge is 0.270 e. The Morgan fingerprint density at radius 2 is 2.14 bits per heavy atom. The number of nitrogens with one attached hydrogen (secondary N) is 2. The van der Waals surface area contributed by atoms with Gasteiger partial charge in [0.15, 0.2) is 0 Å². The van der Waals surface area contributed by atoms with Crippen LogP contribution in [-0.2, 0) is 5.54 Å². The molecule has 112 valence electrons. The summed E-state index contributed by atoms with van der Waals surface area (Å²) in [7, 11) is 0. The zero-order valence-corrected chi connectivity index (χ0v) is 13.3. The first-order valence-electron chi connectivity index (χ1n) is 6.95. The van der Waals surface area contributed by atoms with Gasteiger partial charge < -0.3 is 10.6 Å². The van der Waals surface area contributed by atoms with Gasteiger partial charge in [-0.25, -0.2) is 9.97 Å². The van der Waals surface area contributed by atoms with Gasteiger partial charge in [0.2, 0.25) is 0 Å². The van der Waals surface area contributed by atoms with Gasteiger partial charge in [0.25, 0.3) is 5.91 Å².